The Kier molecular flexibility index (Phi) is 5.25. The Balaban J connectivity index is 1.41. The molecule has 0 aliphatic rings. The Morgan fingerprint density at radius 2 is 1.91 bits per heavy atom. The summed E-state index contributed by atoms with van der Waals surface area (Å²) in [5.41, 5.74) is 3.44. The van der Waals surface area contributed by atoms with Crippen LogP contribution < -0.4 is 14.8 Å². The summed E-state index contributed by atoms with van der Waals surface area (Å²) in [6.45, 7) is 4.72. The van der Waals surface area contributed by atoms with Crippen molar-refractivity contribution in [2.75, 3.05) is 11.9 Å². The fourth-order valence-electron chi connectivity index (χ4n) is 3.47. The Morgan fingerprint density at radius 3 is 2.78 bits per heavy atom. The zero-order valence-corrected chi connectivity index (χ0v) is 17.8. The number of aromatic nitrogens is 5. The van der Waals surface area contributed by atoms with Crippen molar-refractivity contribution in [2.24, 2.45) is 0 Å². The molecule has 5 rings (SSSR count). The first-order chi connectivity index (χ1) is 15.7. The molecule has 3 heterocycles. The summed E-state index contributed by atoms with van der Waals surface area (Å²) >= 11 is 0. The molecule has 0 aliphatic carbocycles. The van der Waals surface area contributed by atoms with E-state index in [1.165, 1.54) is 6.33 Å². The predicted molar refractivity (Wildman–Crippen MR) is 123 cm³/mol. The fourth-order valence-corrected chi connectivity index (χ4v) is 3.47. The van der Waals surface area contributed by atoms with Crippen molar-refractivity contribution in [3.63, 3.8) is 0 Å². The van der Waals surface area contributed by atoms with Gasteiger partial charge in [0.05, 0.1) is 17.5 Å². The minimum Gasteiger partial charge on any atom is -0.493 e. The molecule has 0 spiro atoms. The number of aryl methyl sites for hydroxylation is 1. The van der Waals surface area contributed by atoms with Gasteiger partial charge in [-0.2, -0.15) is 5.10 Å². The summed E-state index contributed by atoms with van der Waals surface area (Å²) in [4.78, 5) is 13.0. The number of benzene rings is 2. The first-order valence-corrected chi connectivity index (χ1v) is 10.4. The topological polar surface area (TPSA) is 86.5 Å². The summed E-state index contributed by atoms with van der Waals surface area (Å²) in [5, 5.41) is 8.37. The number of pyridine rings is 1. The zero-order chi connectivity index (χ0) is 21.9. The normalized spacial score (nSPS) is 11.1. The van der Waals surface area contributed by atoms with Gasteiger partial charge >= 0.3 is 0 Å². The average Bonchev–Trinajstić information content (AvgIpc) is 3.27. The lowest BCUT2D eigenvalue weighted by Gasteiger charge is -2.14. The summed E-state index contributed by atoms with van der Waals surface area (Å²) in [7, 11) is 0. The number of nitrogens with one attached hydrogen (secondary N) is 1. The molecule has 2 aromatic carbocycles. The van der Waals surface area contributed by atoms with Crippen molar-refractivity contribution < 1.29 is 9.47 Å². The number of nitrogens with zero attached hydrogens (tertiary/aromatic N) is 5. The summed E-state index contributed by atoms with van der Waals surface area (Å²) in [5.74, 6) is 2.94. The molecule has 8 heteroatoms. The summed E-state index contributed by atoms with van der Waals surface area (Å²) < 4.78 is 13.7. The summed E-state index contributed by atoms with van der Waals surface area (Å²) in [6.07, 6.45) is 5.82. The van der Waals surface area contributed by atoms with Crippen LogP contribution in [-0.4, -0.2) is 31.2 Å². The van der Waals surface area contributed by atoms with Crippen molar-refractivity contribution in [1.29, 1.82) is 0 Å². The van der Waals surface area contributed by atoms with Crippen LogP contribution in [0.5, 0.6) is 17.2 Å². The second-order valence-corrected chi connectivity index (χ2v) is 7.35. The highest BCUT2D eigenvalue weighted by molar-refractivity contribution is 5.95. The van der Waals surface area contributed by atoms with E-state index in [4.69, 9.17) is 9.47 Å². The average molecular weight is 426 g/mol. The minimum absolute atomic E-state index is 0.638. The van der Waals surface area contributed by atoms with Gasteiger partial charge in [0.2, 0.25) is 0 Å². The van der Waals surface area contributed by atoms with Crippen LogP contribution in [0.25, 0.3) is 16.6 Å². The number of rotatable bonds is 7. The zero-order valence-electron chi connectivity index (χ0n) is 17.8. The van der Waals surface area contributed by atoms with Crippen LogP contribution in [0.15, 0.2) is 67.4 Å². The van der Waals surface area contributed by atoms with Crippen LogP contribution in [0.2, 0.25) is 0 Å². The van der Waals surface area contributed by atoms with Gasteiger partial charge in [-0.05, 0) is 55.3 Å². The van der Waals surface area contributed by atoms with Crippen molar-refractivity contribution in [1.82, 2.24) is 24.6 Å². The fraction of sp³-hybridized carbons (Fsp3) is 0.167. The largest absolute Gasteiger partial charge is 0.493 e. The van der Waals surface area contributed by atoms with Gasteiger partial charge in [0, 0.05) is 18.0 Å². The van der Waals surface area contributed by atoms with E-state index >= 15 is 0 Å². The molecule has 0 fully saturated rings. The smallest absolute Gasteiger partial charge is 0.158 e. The van der Waals surface area contributed by atoms with Crippen LogP contribution in [0, 0.1) is 6.92 Å². The molecule has 0 saturated heterocycles. The number of fused-ring (bicyclic) bond motifs is 2. The highest BCUT2D eigenvalue weighted by atomic mass is 16.5. The number of hydrogen-bond donors (Lipinski definition) is 1. The van der Waals surface area contributed by atoms with Gasteiger partial charge in [-0.1, -0.05) is 13.0 Å². The first-order valence-electron chi connectivity index (χ1n) is 10.4. The monoisotopic (exact) mass is 426 g/mol. The molecule has 32 heavy (non-hydrogen) atoms. The van der Waals surface area contributed by atoms with Gasteiger partial charge < -0.3 is 14.8 Å². The predicted octanol–water partition coefficient (Wildman–Crippen LogP) is 5.31. The number of ether oxygens (including phenoxy) is 2. The van der Waals surface area contributed by atoms with Gasteiger partial charge in [0.25, 0.3) is 0 Å². The minimum atomic E-state index is 0.638. The third-order valence-electron chi connectivity index (χ3n) is 5.00. The third kappa shape index (κ3) is 3.90. The van der Waals surface area contributed by atoms with E-state index in [1.807, 2.05) is 61.7 Å². The molecule has 3 aromatic heterocycles. The molecule has 1 N–H and O–H groups in total. The maximum absolute atomic E-state index is 6.07. The SMILES string of the molecule is CCCOc1cccc2ncnc(Nc3ccc(Oc4ccn5ncnc5c4)c(C)c3)c12. The highest BCUT2D eigenvalue weighted by Gasteiger charge is 2.11. The molecule has 0 saturated carbocycles. The van der Waals surface area contributed by atoms with E-state index in [0.717, 1.165) is 45.7 Å². The second kappa shape index (κ2) is 8.50. The van der Waals surface area contributed by atoms with E-state index in [9.17, 15) is 0 Å². The molecule has 5 aromatic rings. The van der Waals surface area contributed by atoms with E-state index in [-0.39, 0.29) is 0 Å². The number of hydrogen-bond acceptors (Lipinski definition) is 7. The molecule has 0 aliphatic heterocycles. The highest BCUT2D eigenvalue weighted by Crippen LogP contribution is 2.33. The van der Waals surface area contributed by atoms with Gasteiger partial charge in [-0.25, -0.2) is 19.5 Å². The van der Waals surface area contributed by atoms with Crippen molar-refractivity contribution in [2.45, 2.75) is 20.3 Å². The maximum Gasteiger partial charge on any atom is 0.158 e. The Morgan fingerprint density at radius 1 is 0.969 bits per heavy atom. The summed E-state index contributed by atoms with van der Waals surface area (Å²) in [6, 6.07) is 15.5. The first kappa shape index (κ1) is 19.7. The lowest BCUT2D eigenvalue weighted by atomic mass is 10.1. The van der Waals surface area contributed by atoms with Gasteiger partial charge in [-0.3, -0.25) is 0 Å². The Hall–Kier alpha value is -4.20. The molecular weight excluding hydrogens is 404 g/mol. The number of anilines is 2. The van der Waals surface area contributed by atoms with E-state index in [1.54, 1.807) is 10.8 Å². The molecule has 0 unspecified atom stereocenters. The Labute approximate surface area is 184 Å². The van der Waals surface area contributed by atoms with Crippen LogP contribution in [0.3, 0.4) is 0 Å². The van der Waals surface area contributed by atoms with Crippen LogP contribution in [0.4, 0.5) is 11.5 Å². The molecule has 0 radical (unpaired) electrons. The second-order valence-electron chi connectivity index (χ2n) is 7.35. The lowest BCUT2D eigenvalue weighted by molar-refractivity contribution is 0.321. The van der Waals surface area contributed by atoms with Gasteiger partial charge in [0.1, 0.15) is 35.7 Å². The molecule has 0 bridgehead atoms. The van der Waals surface area contributed by atoms with Gasteiger partial charge in [-0.15, -0.1) is 0 Å². The maximum atomic E-state index is 6.07. The third-order valence-corrected chi connectivity index (χ3v) is 5.00. The van der Waals surface area contributed by atoms with Crippen LogP contribution >= 0.6 is 0 Å². The standard InChI is InChI=1S/C24H22N6O2/c1-3-11-31-21-6-4-5-19-23(21)24(27-14-25-19)29-17-7-8-20(16(2)12-17)32-18-9-10-30-22(13-18)26-15-28-30/h4-10,12-15H,3,11H2,1-2H3,(H,25,27,29). The van der Waals surface area contributed by atoms with E-state index in [0.29, 0.717) is 18.2 Å². The molecule has 8 nitrogen and oxygen atoms in total. The van der Waals surface area contributed by atoms with Crippen molar-refractivity contribution in [3.05, 3.63) is 72.9 Å². The quantitative estimate of drug-likeness (QED) is 0.378. The molecule has 0 amide bonds. The van der Waals surface area contributed by atoms with Crippen LogP contribution in [0.1, 0.15) is 18.9 Å². The van der Waals surface area contributed by atoms with Crippen LogP contribution in [-0.2, 0) is 0 Å². The lowest BCUT2D eigenvalue weighted by Crippen LogP contribution is -2.01. The van der Waals surface area contributed by atoms with Gasteiger partial charge in [0.15, 0.2) is 5.65 Å². The van der Waals surface area contributed by atoms with E-state index < -0.39 is 0 Å². The Bertz CT molecular complexity index is 1390. The molecular formula is C24H22N6O2. The van der Waals surface area contributed by atoms with Crippen molar-refractivity contribution in [3.8, 4) is 17.2 Å². The van der Waals surface area contributed by atoms with E-state index in [2.05, 4.69) is 32.3 Å². The molecule has 0 atom stereocenters. The molecule has 160 valence electrons. The van der Waals surface area contributed by atoms with Crippen molar-refractivity contribution >= 4 is 28.1 Å².